The van der Waals surface area contributed by atoms with Gasteiger partial charge in [-0.2, -0.15) is 0 Å². The van der Waals surface area contributed by atoms with E-state index in [2.05, 4.69) is 5.32 Å². The summed E-state index contributed by atoms with van der Waals surface area (Å²) in [5.41, 5.74) is -5.85. The molecule has 56 heavy (non-hydrogen) atoms. The van der Waals surface area contributed by atoms with Crippen LogP contribution in [0.1, 0.15) is 72.2 Å². The van der Waals surface area contributed by atoms with Gasteiger partial charge in [-0.05, 0) is 56.1 Å². The van der Waals surface area contributed by atoms with Crippen LogP contribution in [0.3, 0.4) is 0 Å². The zero-order valence-electron chi connectivity index (χ0n) is 32.7. The van der Waals surface area contributed by atoms with E-state index in [0.717, 1.165) is 0 Å². The zero-order chi connectivity index (χ0) is 40.4. The lowest BCUT2D eigenvalue weighted by atomic mass is 9.40. The first-order valence-electron chi connectivity index (χ1n) is 19.7. The van der Waals surface area contributed by atoms with Crippen molar-refractivity contribution in [1.29, 1.82) is 0 Å². The number of epoxide rings is 2. The molecule has 304 valence electrons. The molecular formula is C41H51NO14. The monoisotopic (exact) mass is 781 g/mol. The van der Waals surface area contributed by atoms with Gasteiger partial charge < -0.3 is 49.1 Å². The average molecular weight is 782 g/mol. The normalized spacial score (nSPS) is 53.9. The van der Waals surface area contributed by atoms with Crippen LogP contribution in [0.4, 0.5) is 0 Å². The van der Waals surface area contributed by atoms with Crippen molar-refractivity contribution in [3.63, 3.8) is 0 Å². The Labute approximate surface area is 324 Å². The molecule has 9 rings (SSSR count). The Morgan fingerprint density at radius 3 is 2.07 bits per heavy atom. The van der Waals surface area contributed by atoms with E-state index in [4.69, 9.17) is 28.4 Å². The summed E-state index contributed by atoms with van der Waals surface area (Å²) in [5, 5.41) is 41.4. The predicted octanol–water partition coefficient (Wildman–Crippen LogP) is 1.28. The largest absolute Gasteiger partial charge is 0.459 e. The average Bonchev–Trinajstić information content (AvgIpc) is 4.03. The summed E-state index contributed by atoms with van der Waals surface area (Å²) in [6.45, 7) is 12.4. The van der Waals surface area contributed by atoms with Gasteiger partial charge in [0.15, 0.2) is 5.60 Å². The molecular weight excluding hydrogens is 730 g/mol. The third kappa shape index (κ3) is 4.44. The van der Waals surface area contributed by atoms with Gasteiger partial charge in [-0.25, -0.2) is 4.79 Å². The summed E-state index contributed by atoms with van der Waals surface area (Å²) in [6, 6.07) is 7.55. The quantitative estimate of drug-likeness (QED) is 0.188. The molecule has 3 aliphatic heterocycles. The minimum absolute atomic E-state index is 0.346. The maximum atomic E-state index is 14.0. The van der Waals surface area contributed by atoms with Gasteiger partial charge in [0.2, 0.25) is 5.79 Å². The second-order valence-electron chi connectivity index (χ2n) is 18.6. The number of hydrogen-bond donors (Lipinski definition) is 4. The number of fused-ring (bicyclic) bond motifs is 9. The molecule has 1 spiro atoms. The van der Waals surface area contributed by atoms with Crippen LogP contribution in [0.2, 0.25) is 0 Å². The van der Waals surface area contributed by atoms with E-state index >= 15 is 0 Å². The third-order valence-corrected chi connectivity index (χ3v) is 16.3. The van der Waals surface area contributed by atoms with Gasteiger partial charge in [0.05, 0.1) is 29.8 Å². The van der Waals surface area contributed by atoms with Crippen LogP contribution >= 0.6 is 0 Å². The Hall–Kier alpha value is -3.63. The molecule has 15 nitrogen and oxygen atoms in total. The molecule has 8 fully saturated rings. The zero-order valence-corrected chi connectivity index (χ0v) is 32.7. The van der Waals surface area contributed by atoms with Crippen molar-refractivity contribution in [2.24, 2.45) is 57.7 Å². The Morgan fingerprint density at radius 2 is 1.45 bits per heavy atom. The number of esters is 4. The number of aliphatic hydroxyl groups is 3. The first-order chi connectivity index (χ1) is 26.2. The Morgan fingerprint density at radius 1 is 0.821 bits per heavy atom. The van der Waals surface area contributed by atoms with E-state index in [9.17, 15) is 39.3 Å². The van der Waals surface area contributed by atoms with E-state index < -0.39 is 148 Å². The lowest BCUT2D eigenvalue weighted by molar-refractivity contribution is -0.286. The summed E-state index contributed by atoms with van der Waals surface area (Å²) >= 11 is 0. The van der Waals surface area contributed by atoms with Gasteiger partial charge in [-0.15, -0.1) is 0 Å². The maximum Gasteiger partial charge on any atom is 0.341 e. The molecule has 15 heteroatoms. The van der Waals surface area contributed by atoms with Crippen molar-refractivity contribution in [2.75, 3.05) is 0 Å². The highest BCUT2D eigenvalue weighted by Gasteiger charge is 2.93. The van der Waals surface area contributed by atoms with Crippen LogP contribution in [-0.4, -0.2) is 111 Å². The number of carbonyl (C=O) groups is 5. The van der Waals surface area contributed by atoms with Crippen molar-refractivity contribution >= 4 is 29.8 Å². The topological polar surface area (TPSA) is 220 Å². The van der Waals surface area contributed by atoms with Crippen molar-refractivity contribution in [3.05, 3.63) is 35.9 Å². The van der Waals surface area contributed by atoms with E-state index in [-0.39, 0.29) is 6.10 Å². The molecule has 1 aromatic rings. The van der Waals surface area contributed by atoms with Crippen molar-refractivity contribution in [1.82, 2.24) is 5.32 Å². The van der Waals surface area contributed by atoms with Gasteiger partial charge >= 0.3 is 23.9 Å². The van der Waals surface area contributed by atoms with E-state index in [1.807, 2.05) is 20.8 Å². The molecule has 0 unspecified atom stereocenters. The predicted molar refractivity (Wildman–Crippen MR) is 188 cm³/mol. The molecule has 3 saturated heterocycles. The molecule has 5 saturated carbocycles. The third-order valence-electron chi connectivity index (χ3n) is 16.3. The highest BCUT2D eigenvalue weighted by molar-refractivity contribution is 5.94. The highest BCUT2D eigenvalue weighted by Crippen LogP contribution is 2.80. The minimum atomic E-state index is -2.13. The van der Waals surface area contributed by atoms with E-state index in [1.165, 1.54) is 27.7 Å². The summed E-state index contributed by atoms with van der Waals surface area (Å²) < 4.78 is 37.0. The molecule has 5 aliphatic carbocycles. The Bertz CT molecular complexity index is 1910. The fourth-order valence-corrected chi connectivity index (χ4v) is 14.2. The molecule has 0 aromatic heterocycles. The molecule has 21 atom stereocenters. The van der Waals surface area contributed by atoms with Crippen LogP contribution in [0.5, 0.6) is 0 Å². The van der Waals surface area contributed by atoms with Crippen LogP contribution in [-0.2, 0) is 47.6 Å². The SMILES string of the molecule is CC(=O)O[C@H]1[C@H]2[C@@H]([C@@H](O)[C@@H](NC(=O)c3ccccc3)[C@H]3C[C@@H]4O[C@@H]4[C@H](OC(C)=O)[C@]23C)[C@@H]2[C@@H](O)[C@@H]3[C@H]([C@H](C)[C@H]4O[C@]45OC(=O)[C@@](C)(O)[C@]35C)[C@@]2(C)[C@H]1OC(C)=O. The number of ether oxygens (including phenoxy) is 6. The molecule has 0 bridgehead atoms. The lowest BCUT2D eigenvalue weighted by Crippen LogP contribution is -2.77. The lowest BCUT2D eigenvalue weighted by Gasteiger charge is -2.67. The number of nitrogens with one attached hydrogen (secondary N) is 1. The van der Waals surface area contributed by atoms with Gasteiger partial charge in [-0.1, -0.05) is 39.0 Å². The maximum absolute atomic E-state index is 14.0. The smallest absolute Gasteiger partial charge is 0.341 e. The van der Waals surface area contributed by atoms with E-state index in [1.54, 1.807) is 37.3 Å². The van der Waals surface area contributed by atoms with Gasteiger partial charge in [0, 0.05) is 54.9 Å². The van der Waals surface area contributed by atoms with E-state index in [0.29, 0.717) is 12.0 Å². The summed E-state index contributed by atoms with van der Waals surface area (Å²) in [5.74, 6) is -10.5. The molecule has 4 N–H and O–H groups in total. The van der Waals surface area contributed by atoms with Crippen molar-refractivity contribution in [3.8, 4) is 0 Å². The van der Waals surface area contributed by atoms with Crippen molar-refractivity contribution < 1.29 is 67.7 Å². The first-order valence-corrected chi connectivity index (χ1v) is 19.7. The Balaban J connectivity index is 1.28. The van der Waals surface area contributed by atoms with Gasteiger partial charge in [0.1, 0.15) is 30.5 Å². The standard InChI is InChI=1S/C41H51NO14/c1-15-23-26(39(7)40(8,50)36(49)56-41(39)32(15)55-41)29(47)24-22-25(31(51-16(2)43)34(38(23,24)6)53-18(4)45)37(5)20(14-21-30(54-21)33(37)52-17(3)44)27(28(22)46)42-35(48)19-12-10-9-11-13-19/h9-13,15,20-34,46-47,50H,14H2,1-8H3,(H,42,48)/t15-,20+,21-,22-,23-,24+,25+,26-,27-,28+,29+,30-,31-,32+,33-,34-,37-,38+,39-,40+,41-/m0/s1. The minimum Gasteiger partial charge on any atom is -0.459 e. The summed E-state index contributed by atoms with van der Waals surface area (Å²) in [6.07, 6.45) is -7.50. The number of rotatable bonds is 5. The van der Waals surface area contributed by atoms with Crippen LogP contribution in [0, 0.1) is 57.7 Å². The number of carbonyl (C=O) groups excluding carboxylic acids is 5. The Kier molecular flexibility index (Phi) is 7.95. The summed E-state index contributed by atoms with van der Waals surface area (Å²) in [4.78, 5) is 67.0. The number of hydrogen-bond acceptors (Lipinski definition) is 14. The molecule has 1 amide bonds. The van der Waals surface area contributed by atoms with Gasteiger partial charge in [0.25, 0.3) is 5.91 Å². The second kappa shape index (κ2) is 11.7. The van der Waals surface area contributed by atoms with Crippen LogP contribution in [0.15, 0.2) is 30.3 Å². The van der Waals surface area contributed by atoms with Crippen LogP contribution < -0.4 is 5.32 Å². The van der Waals surface area contributed by atoms with Gasteiger partial charge in [-0.3, -0.25) is 19.2 Å². The number of amides is 1. The fourth-order valence-electron chi connectivity index (χ4n) is 14.2. The molecule has 3 heterocycles. The first kappa shape index (κ1) is 37.9. The molecule has 0 radical (unpaired) electrons. The molecule has 1 aromatic carbocycles. The number of benzene rings is 1. The van der Waals surface area contributed by atoms with Crippen LogP contribution in [0.25, 0.3) is 0 Å². The summed E-state index contributed by atoms with van der Waals surface area (Å²) in [7, 11) is 0. The second-order valence-corrected chi connectivity index (χ2v) is 18.6. The fraction of sp³-hybridized carbons (Fsp3) is 0.732. The number of aliphatic hydroxyl groups excluding tert-OH is 2. The highest BCUT2D eigenvalue weighted by atomic mass is 16.8. The van der Waals surface area contributed by atoms with Crippen molar-refractivity contribution in [2.45, 2.75) is 128 Å². The molecule has 8 aliphatic rings.